The molecular weight excluding hydrogens is 288 g/mol. The molecule has 3 nitrogen and oxygen atoms in total. The smallest absolute Gasteiger partial charge is 0.234 e. The monoisotopic (exact) mass is 312 g/mol. The number of hydrogen-bond acceptors (Lipinski definition) is 4. The van der Waals surface area contributed by atoms with Crippen molar-refractivity contribution in [2.45, 2.75) is 43.5 Å². The van der Waals surface area contributed by atoms with Crippen molar-refractivity contribution in [3.05, 3.63) is 22.4 Å². The number of carbonyl (C=O) groups is 1. The summed E-state index contributed by atoms with van der Waals surface area (Å²) in [5, 5.41) is 5.82. The fraction of sp³-hybridized carbons (Fsp3) is 0.667. The van der Waals surface area contributed by atoms with Crippen LogP contribution >= 0.6 is 23.1 Å². The number of carbonyl (C=O) groups excluding carboxylic acids is 1. The third kappa shape index (κ3) is 3.99. The van der Waals surface area contributed by atoms with E-state index in [-0.39, 0.29) is 11.9 Å². The van der Waals surface area contributed by atoms with Crippen molar-refractivity contribution in [3.63, 3.8) is 0 Å². The number of rotatable bonds is 6. The average molecular weight is 313 g/mol. The third-order valence-electron chi connectivity index (χ3n) is 4.03. The fourth-order valence-corrected chi connectivity index (χ4v) is 4.72. The van der Waals surface area contributed by atoms with Gasteiger partial charge in [0.15, 0.2) is 0 Å². The molecule has 1 saturated carbocycles. The molecule has 1 aliphatic carbocycles. The van der Waals surface area contributed by atoms with Crippen molar-refractivity contribution in [1.29, 1.82) is 0 Å². The van der Waals surface area contributed by atoms with Gasteiger partial charge in [0.1, 0.15) is 0 Å². The van der Waals surface area contributed by atoms with Crippen LogP contribution in [0, 0.1) is 0 Å². The maximum Gasteiger partial charge on any atom is 0.234 e. The first-order chi connectivity index (χ1) is 9.61. The van der Waals surface area contributed by atoms with Crippen LogP contribution in [0.1, 0.15) is 37.1 Å². The van der Waals surface area contributed by atoms with Crippen LogP contribution in [-0.2, 0) is 4.79 Å². The van der Waals surface area contributed by atoms with E-state index in [1.165, 1.54) is 24.1 Å². The summed E-state index contributed by atoms with van der Waals surface area (Å²) < 4.78 is 0. The van der Waals surface area contributed by atoms with Gasteiger partial charge in [-0.25, -0.2) is 0 Å². The molecule has 0 aromatic carbocycles. The van der Waals surface area contributed by atoms with Crippen LogP contribution in [0.5, 0.6) is 0 Å². The zero-order valence-electron chi connectivity index (χ0n) is 12.5. The quantitative estimate of drug-likeness (QED) is 0.876. The predicted molar refractivity (Wildman–Crippen MR) is 88.4 cm³/mol. The Labute approximate surface area is 130 Å². The lowest BCUT2D eigenvalue weighted by Crippen LogP contribution is -2.43. The Morgan fingerprint density at radius 1 is 1.60 bits per heavy atom. The number of thioether (sulfide) groups is 1. The summed E-state index contributed by atoms with van der Waals surface area (Å²) >= 11 is 3.63. The number of hydrogen-bond donors (Lipinski definition) is 1. The molecule has 112 valence electrons. The highest BCUT2D eigenvalue weighted by Crippen LogP contribution is 2.31. The van der Waals surface area contributed by atoms with E-state index in [2.05, 4.69) is 29.6 Å². The van der Waals surface area contributed by atoms with Crippen LogP contribution < -0.4 is 5.32 Å². The minimum Gasteiger partial charge on any atom is -0.348 e. The maximum absolute atomic E-state index is 12.2. The van der Waals surface area contributed by atoms with E-state index >= 15 is 0 Å². The van der Waals surface area contributed by atoms with Crippen molar-refractivity contribution >= 4 is 29.0 Å². The maximum atomic E-state index is 12.2. The molecular formula is C15H24N2OS2. The van der Waals surface area contributed by atoms with E-state index in [1.807, 2.05) is 30.1 Å². The average Bonchev–Trinajstić information content (AvgIpc) is 3.09. The van der Waals surface area contributed by atoms with Gasteiger partial charge in [0.25, 0.3) is 0 Å². The Hall–Kier alpha value is -0.520. The Balaban J connectivity index is 1.82. The highest BCUT2D eigenvalue weighted by atomic mass is 32.2. The van der Waals surface area contributed by atoms with Crippen LogP contribution in [0.4, 0.5) is 0 Å². The largest absolute Gasteiger partial charge is 0.348 e. The summed E-state index contributed by atoms with van der Waals surface area (Å²) in [7, 11) is 2.08. The summed E-state index contributed by atoms with van der Waals surface area (Å²) in [6.07, 6.45) is 5.96. The first-order valence-corrected chi connectivity index (χ1v) is 9.34. The zero-order valence-corrected chi connectivity index (χ0v) is 14.1. The van der Waals surface area contributed by atoms with Crippen molar-refractivity contribution in [2.24, 2.45) is 0 Å². The first-order valence-electron chi connectivity index (χ1n) is 7.17. The Kier molecular flexibility index (Phi) is 5.93. The van der Waals surface area contributed by atoms with Gasteiger partial charge in [0.2, 0.25) is 5.91 Å². The highest BCUT2D eigenvalue weighted by Gasteiger charge is 2.30. The van der Waals surface area contributed by atoms with E-state index in [4.69, 9.17) is 0 Å². The second-order valence-electron chi connectivity index (χ2n) is 5.49. The molecule has 1 aliphatic rings. The van der Waals surface area contributed by atoms with E-state index < -0.39 is 0 Å². The van der Waals surface area contributed by atoms with Gasteiger partial charge >= 0.3 is 0 Å². The molecule has 0 bridgehead atoms. The number of thiophene rings is 1. The summed E-state index contributed by atoms with van der Waals surface area (Å²) in [5.41, 5.74) is 0. The van der Waals surface area contributed by atoms with Crippen LogP contribution in [0.3, 0.4) is 0 Å². The van der Waals surface area contributed by atoms with Crippen molar-refractivity contribution in [1.82, 2.24) is 10.2 Å². The summed E-state index contributed by atoms with van der Waals surface area (Å²) in [6.45, 7) is 2.54. The van der Waals surface area contributed by atoms with Crippen LogP contribution in [-0.4, -0.2) is 41.9 Å². The number of amides is 1. The highest BCUT2D eigenvalue weighted by molar-refractivity contribution is 7.99. The summed E-state index contributed by atoms with van der Waals surface area (Å²) in [6, 6.07) is 4.75. The molecule has 0 unspecified atom stereocenters. The molecule has 20 heavy (non-hydrogen) atoms. The minimum absolute atomic E-state index is 0.107. The molecule has 3 atom stereocenters. The molecule has 1 amide bonds. The first kappa shape index (κ1) is 15.9. The van der Waals surface area contributed by atoms with E-state index in [9.17, 15) is 4.79 Å². The third-order valence-corrected chi connectivity index (χ3v) is 6.24. The molecule has 1 aromatic heterocycles. The van der Waals surface area contributed by atoms with Gasteiger partial charge in [-0.15, -0.1) is 11.3 Å². The predicted octanol–water partition coefficient (Wildman–Crippen LogP) is 3.14. The Morgan fingerprint density at radius 3 is 3.05 bits per heavy atom. The second kappa shape index (κ2) is 7.48. The topological polar surface area (TPSA) is 32.3 Å². The zero-order chi connectivity index (χ0) is 14.5. The van der Waals surface area contributed by atoms with Gasteiger partial charge in [-0.2, -0.15) is 11.8 Å². The number of nitrogens with one attached hydrogen (secondary N) is 1. The van der Waals surface area contributed by atoms with Crippen molar-refractivity contribution in [2.75, 3.05) is 19.8 Å². The molecule has 2 rings (SSSR count). The molecule has 0 saturated heterocycles. The molecule has 0 spiro atoms. The van der Waals surface area contributed by atoms with Crippen LogP contribution in [0.2, 0.25) is 0 Å². The number of likely N-dealkylation sites (N-methyl/N-ethyl adjacent to an activating group) is 1. The summed E-state index contributed by atoms with van der Waals surface area (Å²) in [4.78, 5) is 15.6. The molecule has 5 heteroatoms. The lowest BCUT2D eigenvalue weighted by Gasteiger charge is -2.28. The molecule has 1 N–H and O–H groups in total. The lowest BCUT2D eigenvalue weighted by molar-refractivity contribution is -0.123. The summed E-state index contributed by atoms with van der Waals surface area (Å²) in [5.74, 6) is 0.125. The molecule has 1 fully saturated rings. The molecule has 1 aromatic rings. The SMILES string of the molecule is CS[C@@H]1CCC[C@@H]1N(C)CC(=O)N[C@@H](C)c1cccs1. The van der Waals surface area contributed by atoms with Crippen LogP contribution in [0.15, 0.2) is 17.5 Å². The van der Waals surface area contributed by atoms with Gasteiger partial charge in [-0.3, -0.25) is 9.69 Å². The number of nitrogens with zero attached hydrogens (tertiary/aromatic N) is 1. The fourth-order valence-electron chi connectivity index (χ4n) is 2.93. The molecule has 0 aliphatic heterocycles. The Bertz CT molecular complexity index is 422. The van der Waals surface area contributed by atoms with Crippen molar-refractivity contribution in [3.8, 4) is 0 Å². The minimum atomic E-state index is 0.107. The van der Waals surface area contributed by atoms with Crippen molar-refractivity contribution < 1.29 is 4.79 Å². The van der Waals surface area contributed by atoms with Crippen LogP contribution in [0.25, 0.3) is 0 Å². The second-order valence-corrected chi connectivity index (χ2v) is 7.55. The van der Waals surface area contributed by atoms with Gasteiger partial charge < -0.3 is 5.32 Å². The molecule has 0 radical (unpaired) electrons. The van der Waals surface area contributed by atoms with Gasteiger partial charge in [0, 0.05) is 16.2 Å². The van der Waals surface area contributed by atoms with Gasteiger partial charge in [-0.05, 0) is 44.5 Å². The van der Waals surface area contributed by atoms with E-state index in [0.717, 1.165) is 0 Å². The normalized spacial score (nSPS) is 24.0. The standard InChI is InChI=1S/C15H24N2OS2/c1-11(13-8-5-9-20-13)16-15(18)10-17(2)12-6-4-7-14(12)19-3/h5,8-9,11-12,14H,4,6-7,10H2,1-3H3,(H,16,18)/t11-,12-,14+/m0/s1. The van der Waals surface area contributed by atoms with E-state index in [1.54, 1.807) is 11.3 Å². The Morgan fingerprint density at radius 2 is 2.40 bits per heavy atom. The van der Waals surface area contributed by atoms with E-state index in [0.29, 0.717) is 17.8 Å². The van der Waals surface area contributed by atoms with Gasteiger partial charge in [0.05, 0.1) is 12.6 Å². The molecule has 1 heterocycles. The lowest BCUT2D eigenvalue weighted by atomic mass is 10.2. The van der Waals surface area contributed by atoms with Gasteiger partial charge in [-0.1, -0.05) is 12.5 Å².